The number of carbonyl (C=O) groups excluding carboxylic acids is 1. The van der Waals surface area contributed by atoms with E-state index < -0.39 is 21.8 Å². The molecule has 100 valence electrons. The zero-order valence-corrected chi connectivity index (χ0v) is 11.6. The summed E-state index contributed by atoms with van der Waals surface area (Å²) in [6.07, 6.45) is 1.91. The van der Waals surface area contributed by atoms with Crippen LogP contribution in [0.4, 0.5) is 0 Å². The van der Waals surface area contributed by atoms with Gasteiger partial charge in [0.25, 0.3) is 5.91 Å². The second kappa shape index (κ2) is 5.55. The number of amides is 1. The molecule has 1 aliphatic rings. The van der Waals surface area contributed by atoms with Gasteiger partial charge < -0.3 is 5.32 Å². The van der Waals surface area contributed by atoms with E-state index >= 15 is 0 Å². The summed E-state index contributed by atoms with van der Waals surface area (Å²) in [5, 5.41) is 13.4. The lowest BCUT2D eigenvalue weighted by Crippen LogP contribution is -2.36. The Labute approximate surface area is 115 Å². The van der Waals surface area contributed by atoms with Crippen LogP contribution in [0.3, 0.4) is 0 Å². The largest absolute Gasteiger partial charge is 0.348 e. The Morgan fingerprint density at radius 2 is 2.37 bits per heavy atom. The first kappa shape index (κ1) is 13.8. The van der Waals surface area contributed by atoms with Crippen LogP contribution in [0.2, 0.25) is 0 Å². The van der Waals surface area contributed by atoms with E-state index in [1.54, 1.807) is 6.07 Å². The summed E-state index contributed by atoms with van der Waals surface area (Å²) >= 11 is 1.42. The Bertz CT molecular complexity index is 639. The average molecular weight is 296 g/mol. The fourth-order valence-electron chi connectivity index (χ4n) is 1.84. The average Bonchev–Trinajstić information content (AvgIpc) is 2.95. The molecule has 2 rings (SSSR count). The van der Waals surface area contributed by atoms with Crippen LogP contribution in [-0.2, 0) is 14.6 Å². The normalized spacial score (nSPS) is 21.8. The van der Waals surface area contributed by atoms with Gasteiger partial charge in [0.05, 0.1) is 11.5 Å². The van der Waals surface area contributed by atoms with E-state index in [9.17, 15) is 13.2 Å². The third kappa shape index (κ3) is 3.66. The van der Waals surface area contributed by atoms with Gasteiger partial charge in [-0.2, -0.15) is 5.26 Å². The van der Waals surface area contributed by atoms with Gasteiger partial charge in [-0.15, -0.1) is 11.3 Å². The minimum Gasteiger partial charge on any atom is -0.348 e. The Kier molecular flexibility index (Phi) is 4.02. The number of nitrogens with zero attached hydrogens (tertiary/aromatic N) is 1. The highest BCUT2D eigenvalue weighted by Gasteiger charge is 2.29. The van der Waals surface area contributed by atoms with E-state index in [1.165, 1.54) is 17.4 Å². The summed E-state index contributed by atoms with van der Waals surface area (Å²) in [6, 6.07) is 5.08. The van der Waals surface area contributed by atoms with Gasteiger partial charge in [0.2, 0.25) is 0 Å². The van der Waals surface area contributed by atoms with Gasteiger partial charge >= 0.3 is 0 Å². The number of hydrogen-bond acceptors (Lipinski definition) is 5. The number of rotatable bonds is 3. The van der Waals surface area contributed by atoms with Crippen LogP contribution in [0, 0.1) is 11.3 Å². The monoisotopic (exact) mass is 296 g/mol. The maximum Gasteiger partial charge on any atom is 0.262 e. The van der Waals surface area contributed by atoms with E-state index in [0.29, 0.717) is 6.42 Å². The van der Waals surface area contributed by atoms with Gasteiger partial charge in [0.1, 0.15) is 11.6 Å². The second-order valence-electron chi connectivity index (χ2n) is 4.26. The molecule has 1 aromatic rings. The van der Waals surface area contributed by atoms with Gasteiger partial charge in [-0.25, -0.2) is 8.42 Å². The van der Waals surface area contributed by atoms with Gasteiger partial charge in [0.15, 0.2) is 9.84 Å². The number of hydrogen-bond donors (Lipinski definition) is 1. The Balaban J connectivity index is 2.05. The highest BCUT2D eigenvalue weighted by molar-refractivity contribution is 7.91. The predicted octanol–water partition coefficient (Wildman–Crippen LogP) is 0.958. The molecule has 0 spiro atoms. The zero-order valence-electron chi connectivity index (χ0n) is 10.00. The first-order chi connectivity index (χ1) is 9.00. The van der Waals surface area contributed by atoms with Crippen LogP contribution < -0.4 is 5.32 Å². The fourth-order valence-corrected chi connectivity index (χ4v) is 4.17. The third-order valence-electron chi connectivity index (χ3n) is 2.76. The summed E-state index contributed by atoms with van der Waals surface area (Å²) in [7, 11) is -3.04. The molecular formula is C12H12N2O3S2. The molecule has 1 fully saturated rings. The van der Waals surface area contributed by atoms with Gasteiger partial charge in [-0.05, 0) is 23.9 Å². The third-order valence-corrected chi connectivity index (χ3v) is 5.35. The second-order valence-corrected chi connectivity index (χ2v) is 7.47. The molecule has 1 atom stereocenters. The van der Waals surface area contributed by atoms with Gasteiger partial charge in [-0.3, -0.25) is 4.79 Å². The van der Waals surface area contributed by atoms with Crippen molar-refractivity contribution in [1.29, 1.82) is 5.26 Å². The molecule has 1 aromatic heterocycles. The summed E-state index contributed by atoms with van der Waals surface area (Å²) in [5.74, 6) is -0.469. The van der Waals surface area contributed by atoms with Crippen molar-refractivity contribution in [2.45, 2.75) is 12.5 Å². The van der Waals surface area contributed by atoms with Crippen molar-refractivity contribution in [3.05, 3.63) is 28.0 Å². The molecule has 1 amide bonds. The molecule has 1 saturated heterocycles. The topological polar surface area (TPSA) is 87.0 Å². The quantitative estimate of drug-likeness (QED) is 0.665. The van der Waals surface area contributed by atoms with Crippen LogP contribution in [0.25, 0.3) is 6.08 Å². The molecular weight excluding hydrogens is 284 g/mol. The maximum absolute atomic E-state index is 11.9. The van der Waals surface area contributed by atoms with E-state index in [-0.39, 0.29) is 17.1 Å². The van der Waals surface area contributed by atoms with E-state index in [1.807, 2.05) is 17.5 Å². The van der Waals surface area contributed by atoms with E-state index in [2.05, 4.69) is 5.32 Å². The van der Waals surface area contributed by atoms with Crippen molar-refractivity contribution >= 4 is 33.2 Å². The van der Waals surface area contributed by atoms with Crippen molar-refractivity contribution in [1.82, 2.24) is 5.32 Å². The SMILES string of the molecule is N#C/C(=C\c1cccs1)C(=O)N[C@@H]1CCS(=O)(=O)C1. The van der Waals surface area contributed by atoms with Crippen LogP contribution in [0.1, 0.15) is 11.3 Å². The Hall–Kier alpha value is -1.65. The first-order valence-corrected chi connectivity index (χ1v) is 8.37. The van der Waals surface area contributed by atoms with Crippen LogP contribution in [-0.4, -0.2) is 31.9 Å². The molecule has 0 aromatic carbocycles. The van der Waals surface area contributed by atoms with Crippen molar-refractivity contribution in [3.8, 4) is 6.07 Å². The molecule has 5 nitrogen and oxygen atoms in total. The molecule has 2 heterocycles. The molecule has 0 aliphatic carbocycles. The highest BCUT2D eigenvalue weighted by Crippen LogP contribution is 2.15. The van der Waals surface area contributed by atoms with Crippen LogP contribution in [0.15, 0.2) is 23.1 Å². The van der Waals surface area contributed by atoms with Crippen molar-refractivity contribution in [2.75, 3.05) is 11.5 Å². The van der Waals surface area contributed by atoms with Crippen molar-refractivity contribution in [2.24, 2.45) is 0 Å². The van der Waals surface area contributed by atoms with E-state index in [0.717, 1.165) is 4.88 Å². The van der Waals surface area contributed by atoms with Crippen molar-refractivity contribution in [3.63, 3.8) is 0 Å². The lowest BCUT2D eigenvalue weighted by atomic mass is 10.2. The number of carbonyl (C=O) groups is 1. The fraction of sp³-hybridized carbons (Fsp3) is 0.333. The Morgan fingerprint density at radius 3 is 2.89 bits per heavy atom. The van der Waals surface area contributed by atoms with Crippen LogP contribution >= 0.6 is 11.3 Å². The lowest BCUT2D eigenvalue weighted by molar-refractivity contribution is -0.117. The molecule has 1 aliphatic heterocycles. The zero-order chi connectivity index (χ0) is 13.9. The molecule has 0 unspecified atom stereocenters. The molecule has 0 bridgehead atoms. The smallest absolute Gasteiger partial charge is 0.262 e. The summed E-state index contributed by atoms with van der Waals surface area (Å²) < 4.78 is 22.6. The lowest BCUT2D eigenvalue weighted by Gasteiger charge is -2.09. The molecule has 0 radical (unpaired) electrons. The van der Waals surface area contributed by atoms with E-state index in [4.69, 9.17) is 5.26 Å². The number of sulfone groups is 1. The Morgan fingerprint density at radius 1 is 1.58 bits per heavy atom. The summed E-state index contributed by atoms with van der Waals surface area (Å²) in [4.78, 5) is 12.7. The minimum absolute atomic E-state index is 0.00764. The van der Waals surface area contributed by atoms with Crippen LogP contribution in [0.5, 0.6) is 0 Å². The molecule has 1 N–H and O–H groups in total. The number of thiophene rings is 1. The van der Waals surface area contributed by atoms with Gasteiger partial charge in [0, 0.05) is 10.9 Å². The van der Waals surface area contributed by atoms with Crippen molar-refractivity contribution < 1.29 is 13.2 Å². The predicted molar refractivity (Wildman–Crippen MR) is 73.1 cm³/mol. The minimum atomic E-state index is -3.04. The maximum atomic E-state index is 11.9. The highest BCUT2D eigenvalue weighted by atomic mass is 32.2. The molecule has 19 heavy (non-hydrogen) atoms. The standard InChI is InChI=1S/C12H12N2O3S2/c13-7-9(6-11-2-1-4-18-11)12(15)14-10-3-5-19(16,17)8-10/h1-2,4,6,10H,3,5,8H2,(H,14,15)/b9-6+/t10-/m1/s1. The number of nitriles is 1. The molecule has 7 heteroatoms. The summed E-state index contributed by atoms with van der Waals surface area (Å²) in [5.41, 5.74) is -0.00764. The molecule has 0 saturated carbocycles. The van der Waals surface area contributed by atoms with Gasteiger partial charge in [-0.1, -0.05) is 6.07 Å². The first-order valence-electron chi connectivity index (χ1n) is 5.67. The number of nitrogens with one attached hydrogen (secondary N) is 1. The summed E-state index contributed by atoms with van der Waals surface area (Å²) in [6.45, 7) is 0.